The van der Waals surface area contributed by atoms with Crippen LogP contribution in [0.25, 0.3) is 0 Å². The Morgan fingerprint density at radius 2 is 2.00 bits per heavy atom. The maximum absolute atomic E-state index is 12.4. The summed E-state index contributed by atoms with van der Waals surface area (Å²) in [6.07, 6.45) is 13.2. The van der Waals surface area contributed by atoms with E-state index in [-0.39, 0.29) is 11.3 Å². The van der Waals surface area contributed by atoms with Gasteiger partial charge >= 0.3 is 0 Å². The van der Waals surface area contributed by atoms with Crippen LogP contribution in [0.4, 0.5) is 0 Å². The molecule has 2 saturated carbocycles. The van der Waals surface area contributed by atoms with Crippen LogP contribution >= 0.6 is 0 Å². The fourth-order valence-corrected chi connectivity index (χ4v) is 5.30. The van der Waals surface area contributed by atoms with Gasteiger partial charge in [-0.1, -0.05) is 43.8 Å². The van der Waals surface area contributed by atoms with Gasteiger partial charge in [-0.25, -0.2) is 0 Å². The van der Waals surface area contributed by atoms with Gasteiger partial charge in [-0.05, 0) is 62.7 Å². The Morgan fingerprint density at radius 1 is 1.25 bits per heavy atom. The first-order valence-corrected chi connectivity index (χ1v) is 9.90. The first-order chi connectivity index (χ1) is 11.4. The van der Waals surface area contributed by atoms with E-state index in [0.717, 1.165) is 64.2 Å². The minimum atomic E-state index is -0.744. The van der Waals surface area contributed by atoms with Crippen LogP contribution in [-0.4, -0.2) is 16.5 Å². The highest BCUT2D eigenvalue weighted by molar-refractivity contribution is 5.83. The number of rotatable bonds is 2. The van der Waals surface area contributed by atoms with Crippen molar-refractivity contribution in [1.82, 2.24) is 0 Å². The number of carbonyl (C=O) groups is 1. The molecule has 2 fully saturated rings. The molecule has 3 aliphatic carbocycles. The minimum Gasteiger partial charge on any atom is -0.378 e. The van der Waals surface area contributed by atoms with E-state index in [1.54, 1.807) is 0 Å². The van der Waals surface area contributed by atoms with Crippen LogP contribution < -0.4 is 0 Å². The molecule has 0 radical (unpaired) electrons. The van der Waals surface area contributed by atoms with Crippen molar-refractivity contribution in [3.8, 4) is 11.8 Å². The van der Waals surface area contributed by atoms with E-state index < -0.39 is 5.60 Å². The zero-order valence-electron chi connectivity index (χ0n) is 15.4. The van der Waals surface area contributed by atoms with Crippen molar-refractivity contribution < 1.29 is 9.90 Å². The third-order valence-electron chi connectivity index (χ3n) is 6.70. The standard InChI is InChI=1S/C22H32O2/c1-17(9-7-16-22(24)14-4-3-5-15-22)18-10-6-11-19-20(23)12-8-13-21(18,19)2/h10,17,19,24H,3-6,8-9,11-15H2,1-2H3/t17?,19-,21+/m0/s1. The summed E-state index contributed by atoms with van der Waals surface area (Å²) >= 11 is 0. The van der Waals surface area contributed by atoms with Crippen LogP contribution in [0.2, 0.25) is 0 Å². The first kappa shape index (κ1) is 17.7. The summed E-state index contributed by atoms with van der Waals surface area (Å²) in [7, 11) is 0. The second kappa shape index (κ2) is 7.04. The van der Waals surface area contributed by atoms with Gasteiger partial charge in [0, 0.05) is 18.8 Å². The van der Waals surface area contributed by atoms with Gasteiger partial charge in [-0.3, -0.25) is 4.79 Å². The van der Waals surface area contributed by atoms with Crippen LogP contribution in [0.5, 0.6) is 0 Å². The summed E-state index contributed by atoms with van der Waals surface area (Å²) < 4.78 is 0. The second-order valence-corrected chi connectivity index (χ2v) is 8.53. The normalized spacial score (nSPS) is 33.7. The van der Waals surface area contributed by atoms with Crippen LogP contribution in [-0.2, 0) is 4.79 Å². The molecular weight excluding hydrogens is 296 g/mol. The summed E-state index contributed by atoms with van der Waals surface area (Å²) in [6.45, 7) is 4.55. The summed E-state index contributed by atoms with van der Waals surface area (Å²) in [5.74, 6) is 7.54. The zero-order chi connectivity index (χ0) is 17.2. The van der Waals surface area contributed by atoms with Crippen LogP contribution in [0.1, 0.15) is 84.5 Å². The van der Waals surface area contributed by atoms with Crippen molar-refractivity contribution in [2.45, 2.75) is 90.1 Å². The lowest BCUT2D eigenvalue weighted by atomic mass is 9.57. The molecule has 0 aliphatic heterocycles. The number of hydrogen-bond acceptors (Lipinski definition) is 2. The largest absolute Gasteiger partial charge is 0.378 e. The zero-order valence-corrected chi connectivity index (χ0v) is 15.4. The summed E-state index contributed by atoms with van der Waals surface area (Å²) in [6, 6.07) is 0. The molecule has 2 nitrogen and oxygen atoms in total. The van der Waals surface area contributed by atoms with Gasteiger partial charge < -0.3 is 5.11 Å². The predicted octanol–water partition coefficient (Wildman–Crippen LogP) is 4.81. The molecular formula is C22H32O2. The number of fused-ring (bicyclic) bond motifs is 1. The van der Waals surface area contributed by atoms with Crippen LogP contribution in [0.15, 0.2) is 11.6 Å². The van der Waals surface area contributed by atoms with Crippen LogP contribution in [0.3, 0.4) is 0 Å². The molecule has 0 aromatic heterocycles. The smallest absolute Gasteiger partial charge is 0.136 e. The van der Waals surface area contributed by atoms with Gasteiger partial charge in [-0.15, -0.1) is 0 Å². The number of carbonyl (C=O) groups excluding carboxylic acids is 1. The monoisotopic (exact) mass is 328 g/mol. The summed E-state index contributed by atoms with van der Waals surface area (Å²) in [5, 5.41) is 10.5. The van der Waals surface area contributed by atoms with Gasteiger partial charge in [0.2, 0.25) is 0 Å². The molecule has 0 bridgehead atoms. The Kier molecular flexibility index (Phi) is 5.21. The van der Waals surface area contributed by atoms with Gasteiger partial charge in [0.15, 0.2) is 0 Å². The molecule has 0 aromatic rings. The lowest BCUT2D eigenvalue weighted by molar-refractivity contribution is -0.129. The average Bonchev–Trinajstić information content (AvgIpc) is 2.54. The first-order valence-electron chi connectivity index (χ1n) is 9.90. The van der Waals surface area contributed by atoms with E-state index >= 15 is 0 Å². The highest BCUT2D eigenvalue weighted by Crippen LogP contribution is 2.52. The van der Waals surface area contributed by atoms with Gasteiger partial charge in [0.05, 0.1) is 0 Å². The molecule has 0 saturated heterocycles. The molecule has 1 unspecified atom stereocenters. The van der Waals surface area contributed by atoms with E-state index in [4.69, 9.17) is 0 Å². The van der Waals surface area contributed by atoms with Crippen LogP contribution in [0, 0.1) is 29.1 Å². The molecule has 0 aromatic carbocycles. The van der Waals surface area contributed by atoms with Crippen molar-refractivity contribution in [2.75, 3.05) is 0 Å². The Balaban J connectivity index is 1.69. The fourth-order valence-electron chi connectivity index (χ4n) is 5.30. The molecule has 0 spiro atoms. The Bertz CT molecular complexity index is 571. The summed E-state index contributed by atoms with van der Waals surface area (Å²) in [4.78, 5) is 12.4. The van der Waals surface area contributed by atoms with E-state index in [0.29, 0.717) is 11.7 Å². The molecule has 3 aliphatic rings. The molecule has 3 atom stereocenters. The van der Waals surface area contributed by atoms with Crippen molar-refractivity contribution in [3.05, 3.63) is 11.6 Å². The lowest BCUT2D eigenvalue weighted by Gasteiger charge is -2.46. The Labute approximate surface area is 147 Å². The SMILES string of the molecule is CC(CC#CC1(O)CCCCC1)C1=CCC[C@H]2C(=O)CCC[C@]12C. The van der Waals surface area contributed by atoms with Crippen molar-refractivity contribution in [3.63, 3.8) is 0 Å². The van der Waals surface area contributed by atoms with Gasteiger partial charge in [0.25, 0.3) is 0 Å². The van der Waals surface area contributed by atoms with E-state index in [1.165, 1.54) is 12.0 Å². The van der Waals surface area contributed by atoms with Crippen molar-refractivity contribution >= 4 is 5.78 Å². The molecule has 2 heteroatoms. The maximum Gasteiger partial charge on any atom is 0.136 e. The molecule has 3 rings (SSSR count). The van der Waals surface area contributed by atoms with E-state index in [1.807, 2.05) is 0 Å². The van der Waals surface area contributed by atoms with E-state index in [2.05, 4.69) is 31.8 Å². The third-order valence-corrected chi connectivity index (χ3v) is 6.70. The minimum absolute atomic E-state index is 0.0520. The van der Waals surface area contributed by atoms with E-state index in [9.17, 15) is 9.90 Å². The predicted molar refractivity (Wildman–Crippen MR) is 97.4 cm³/mol. The summed E-state index contributed by atoms with van der Waals surface area (Å²) in [5.41, 5.74) is 0.763. The molecule has 132 valence electrons. The maximum atomic E-state index is 12.4. The number of allylic oxidation sites excluding steroid dienone is 2. The Morgan fingerprint density at radius 3 is 2.75 bits per heavy atom. The number of ketones is 1. The lowest BCUT2D eigenvalue weighted by Crippen LogP contribution is -2.42. The molecule has 1 N–H and O–H groups in total. The number of hydrogen-bond donors (Lipinski definition) is 1. The number of aliphatic hydroxyl groups is 1. The topological polar surface area (TPSA) is 37.3 Å². The highest BCUT2D eigenvalue weighted by atomic mass is 16.3. The average molecular weight is 328 g/mol. The van der Waals surface area contributed by atoms with Crippen molar-refractivity contribution in [1.29, 1.82) is 0 Å². The molecule has 0 heterocycles. The molecule has 0 amide bonds. The third kappa shape index (κ3) is 3.47. The second-order valence-electron chi connectivity index (χ2n) is 8.53. The highest BCUT2D eigenvalue weighted by Gasteiger charge is 2.46. The van der Waals surface area contributed by atoms with Gasteiger partial charge in [0.1, 0.15) is 11.4 Å². The Hall–Kier alpha value is -1.07. The van der Waals surface area contributed by atoms with Gasteiger partial charge in [-0.2, -0.15) is 0 Å². The molecule has 24 heavy (non-hydrogen) atoms. The quantitative estimate of drug-likeness (QED) is 0.583. The fraction of sp³-hybridized carbons (Fsp3) is 0.773. The van der Waals surface area contributed by atoms with Crippen molar-refractivity contribution in [2.24, 2.45) is 17.3 Å². The number of Topliss-reactive ketones (excluding diaryl/α,β-unsaturated/α-hetero) is 1.